The second-order valence-corrected chi connectivity index (χ2v) is 8.04. The summed E-state index contributed by atoms with van der Waals surface area (Å²) in [6.45, 7) is 2.96. The van der Waals surface area contributed by atoms with Crippen molar-refractivity contribution in [3.05, 3.63) is 64.2 Å². The largest absolute Gasteiger partial charge is 0.456 e. The minimum atomic E-state index is -0.212. The van der Waals surface area contributed by atoms with Crippen LogP contribution in [-0.2, 0) is 0 Å². The monoisotopic (exact) mass is 456 g/mol. The van der Waals surface area contributed by atoms with Gasteiger partial charge in [0, 0.05) is 29.2 Å². The molecule has 2 N–H and O–H groups in total. The number of nitrogens with one attached hydrogen (secondary N) is 2. The number of benzene rings is 1. The number of likely N-dealkylation sites (tertiary alicyclic amines) is 1. The topological polar surface area (TPSA) is 91.2 Å². The average molecular weight is 457 g/mol. The van der Waals surface area contributed by atoms with Crippen molar-refractivity contribution in [1.29, 1.82) is 0 Å². The molecule has 150 valence electrons. The number of aryl methyl sites for hydroxylation is 1. The first kappa shape index (κ1) is 19.4. The highest BCUT2D eigenvalue weighted by Gasteiger charge is 2.26. The molecule has 1 fully saturated rings. The van der Waals surface area contributed by atoms with E-state index in [-0.39, 0.29) is 17.9 Å². The predicted molar refractivity (Wildman–Crippen MR) is 112 cm³/mol. The lowest BCUT2D eigenvalue weighted by atomic mass is 10.0. The molecule has 1 aliphatic heterocycles. The van der Waals surface area contributed by atoms with E-state index in [0.717, 1.165) is 15.7 Å². The Kier molecular flexibility index (Phi) is 5.53. The van der Waals surface area contributed by atoms with Crippen molar-refractivity contribution in [3.63, 3.8) is 0 Å². The SMILES string of the molecule is Cc1ccc(C(=O)NC2CCN(C(=O)c3cc(-c4ccc(Br)cc4)n[nH]3)CC2)o1. The summed E-state index contributed by atoms with van der Waals surface area (Å²) < 4.78 is 6.35. The second-order valence-electron chi connectivity index (χ2n) is 7.12. The maximum absolute atomic E-state index is 12.8. The molecule has 0 radical (unpaired) electrons. The van der Waals surface area contributed by atoms with E-state index in [1.54, 1.807) is 30.0 Å². The Hall–Kier alpha value is -2.87. The fraction of sp³-hybridized carbons (Fsp3) is 0.286. The molecule has 2 aromatic heterocycles. The van der Waals surface area contributed by atoms with E-state index in [4.69, 9.17) is 4.42 Å². The molecule has 0 aliphatic carbocycles. The molecule has 2 amide bonds. The van der Waals surface area contributed by atoms with Crippen LogP contribution in [0.5, 0.6) is 0 Å². The van der Waals surface area contributed by atoms with Gasteiger partial charge in [-0.1, -0.05) is 28.1 Å². The number of piperidine rings is 1. The van der Waals surface area contributed by atoms with Crippen molar-refractivity contribution < 1.29 is 14.0 Å². The van der Waals surface area contributed by atoms with E-state index in [0.29, 0.717) is 43.1 Å². The first-order valence-electron chi connectivity index (χ1n) is 9.47. The van der Waals surface area contributed by atoms with Gasteiger partial charge in [-0.05, 0) is 50.1 Å². The number of hydrogen-bond donors (Lipinski definition) is 2. The van der Waals surface area contributed by atoms with Crippen LogP contribution in [-0.4, -0.2) is 46.0 Å². The summed E-state index contributed by atoms with van der Waals surface area (Å²) in [6, 6.07) is 13.0. The Morgan fingerprint density at radius 2 is 1.90 bits per heavy atom. The van der Waals surface area contributed by atoms with Crippen LogP contribution < -0.4 is 5.32 Å². The fourth-order valence-corrected chi connectivity index (χ4v) is 3.67. The molecule has 29 heavy (non-hydrogen) atoms. The van der Waals surface area contributed by atoms with Gasteiger partial charge in [-0.2, -0.15) is 5.10 Å². The van der Waals surface area contributed by atoms with Gasteiger partial charge in [0.2, 0.25) is 0 Å². The Labute approximate surface area is 176 Å². The van der Waals surface area contributed by atoms with Crippen LogP contribution in [0.15, 0.2) is 51.4 Å². The van der Waals surface area contributed by atoms with E-state index in [1.165, 1.54) is 0 Å². The van der Waals surface area contributed by atoms with Crippen molar-refractivity contribution in [2.24, 2.45) is 0 Å². The van der Waals surface area contributed by atoms with Gasteiger partial charge in [-0.15, -0.1) is 0 Å². The standard InChI is InChI=1S/C21H21BrN4O3/c1-13-2-7-19(29-13)20(27)23-16-8-10-26(11-9-16)21(28)18-12-17(24-25-18)14-3-5-15(22)6-4-14/h2-7,12,16H,8-11H2,1H3,(H,23,27)(H,24,25). The number of nitrogens with zero attached hydrogens (tertiary/aromatic N) is 2. The second kappa shape index (κ2) is 8.24. The van der Waals surface area contributed by atoms with Crippen LogP contribution in [0.1, 0.15) is 39.6 Å². The molecule has 8 heteroatoms. The third-order valence-electron chi connectivity index (χ3n) is 5.03. The van der Waals surface area contributed by atoms with Crippen LogP contribution in [0, 0.1) is 6.92 Å². The van der Waals surface area contributed by atoms with E-state index < -0.39 is 0 Å². The molecular weight excluding hydrogens is 436 g/mol. The van der Waals surface area contributed by atoms with Crippen molar-refractivity contribution in [2.75, 3.05) is 13.1 Å². The molecule has 0 bridgehead atoms. The Morgan fingerprint density at radius 1 is 1.17 bits per heavy atom. The third-order valence-corrected chi connectivity index (χ3v) is 5.56. The Morgan fingerprint density at radius 3 is 2.55 bits per heavy atom. The molecule has 3 aromatic rings. The van der Waals surface area contributed by atoms with Gasteiger partial charge in [-0.3, -0.25) is 14.7 Å². The summed E-state index contributed by atoms with van der Waals surface area (Å²) in [7, 11) is 0. The van der Waals surface area contributed by atoms with Crippen LogP contribution >= 0.6 is 15.9 Å². The highest BCUT2D eigenvalue weighted by Crippen LogP contribution is 2.22. The number of furan rings is 1. The van der Waals surface area contributed by atoms with Crippen molar-refractivity contribution in [1.82, 2.24) is 20.4 Å². The van der Waals surface area contributed by atoms with Crippen LogP contribution in [0.4, 0.5) is 0 Å². The van der Waals surface area contributed by atoms with E-state index in [1.807, 2.05) is 24.3 Å². The Bertz CT molecular complexity index is 1020. The zero-order chi connectivity index (χ0) is 20.4. The highest BCUT2D eigenvalue weighted by molar-refractivity contribution is 9.10. The summed E-state index contributed by atoms with van der Waals surface area (Å²) in [5.41, 5.74) is 2.14. The minimum Gasteiger partial charge on any atom is -0.456 e. The van der Waals surface area contributed by atoms with Crippen LogP contribution in [0.2, 0.25) is 0 Å². The number of H-pyrrole nitrogens is 1. The van der Waals surface area contributed by atoms with Crippen molar-refractivity contribution >= 4 is 27.7 Å². The van der Waals surface area contributed by atoms with E-state index in [2.05, 4.69) is 31.4 Å². The maximum Gasteiger partial charge on any atom is 0.287 e. The predicted octanol–water partition coefficient (Wildman–Crippen LogP) is 3.78. The van der Waals surface area contributed by atoms with Crippen LogP contribution in [0.25, 0.3) is 11.3 Å². The Balaban J connectivity index is 1.33. The van der Waals surface area contributed by atoms with Gasteiger partial charge in [0.1, 0.15) is 11.5 Å². The fourth-order valence-electron chi connectivity index (χ4n) is 3.41. The number of rotatable bonds is 4. The molecule has 1 saturated heterocycles. The lowest BCUT2D eigenvalue weighted by Crippen LogP contribution is -2.46. The molecule has 0 saturated carbocycles. The molecule has 1 aromatic carbocycles. The van der Waals surface area contributed by atoms with Crippen molar-refractivity contribution in [2.45, 2.75) is 25.8 Å². The summed E-state index contributed by atoms with van der Waals surface area (Å²) in [6.07, 6.45) is 1.40. The summed E-state index contributed by atoms with van der Waals surface area (Å²) >= 11 is 3.41. The molecule has 4 rings (SSSR count). The van der Waals surface area contributed by atoms with E-state index in [9.17, 15) is 9.59 Å². The smallest absolute Gasteiger partial charge is 0.287 e. The van der Waals surface area contributed by atoms with Gasteiger partial charge in [0.25, 0.3) is 11.8 Å². The lowest BCUT2D eigenvalue weighted by molar-refractivity contribution is 0.0690. The van der Waals surface area contributed by atoms with Gasteiger partial charge in [0.15, 0.2) is 5.76 Å². The van der Waals surface area contributed by atoms with Gasteiger partial charge >= 0.3 is 0 Å². The maximum atomic E-state index is 12.8. The number of halogens is 1. The number of carbonyl (C=O) groups is 2. The highest BCUT2D eigenvalue weighted by atomic mass is 79.9. The minimum absolute atomic E-state index is 0.0250. The van der Waals surface area contributed by atoms with Gasteiger partial charge in [-0.25, -0.2) is 0 Å². The molecule has 1 aliphatic rings. The first-order chi connectivity index (χ1) is 14.0. The number of aromatic nitrogens is 2. The van der Waals surface area contributed by atoms with Gasteiger partial charge in [0.05, 0.1) is 5.69 Å². The zero-order valence-electron chi connectivity index (χ0n) is 15.9. The lowest BCUT2D eigenvalue weighted by Gasteiger charge is -2.31. The summed E-state index contributed by atoms with van der Waals surface area (Å²) in [5.74, 6) is 0.736. The molecule has 0 atom stereocenters. The molecule has 0 spiro atoms. The quantitative estimate of drug-likeness (QED) is 0.624. The number of hydrogen-bond acceptors (Lipinski definition) is 4. The third kappa shape index (κ3) is 4.42. The number of carbonyl (C=O) groups excluding carboxylic acids is 2. The molecule has 0 unspecified atom stereocenters. The molecular formula is C21H21BrN4O3. The van der Waals surface area contributed by atoms with Crippen LogP contribution in [0.3, 0.4) is 0 Å². The number of amides is 2. The molecule has 7 nitrogen and oxygen atoms in total. The van der Waals surface area contributed by atoms with E-state index >= 15 is 0 Å². The zero-order valence-corrected chi connectivity index (χ0v) is 17.5. The average Bonchev–Trinajstić information content (AvgIpc) is 3.38. The summed E-state index contributed by atoms with van der Waals surface area (Å²) in [4.78, 5) is 26.8. The summed E-state index contributed by atoms with van der Waals surface area (Å²) in [5, 5.41) is 10.1. The van der Waals surface area contributed by atoms with Crippen molar-refractivity contribution in [3.8, 4) is 11.3 Å². The first-order valence-corrected chi connectivity index (χ1v) is 10.3. The number of aromatic amines is 1. The van der Waals surface area contributed by atoms with Gasteiger partial charge < -0.3 is 14.6 Å². The normalized spacial score (nSPS) is 14.8. The molecule has 3 heterocycles.